The van der Waals surface area contributed by atoms with Crippen molar-refractivity contribution in [2.24, 2.45) is 11.5 Å². The molecule has 3 aromatic rings. The number of rotatable bonds is 4. The summed E-state index contributed by atoms with van der Waals surface area (Å²) in [5.74, 6) is 0. The van der Waals surface area contributed by atoms with Gasteiger partial charge in [0.15, 0.2) is 0 Å². The number of nitrogens with two attached hydrogens (primary N) is 2. The number of aromatic nitrogens is 3. The van der Waals surface area contributed by atoms with Crippen LogP contribution in [0, 0.1) is 0 Å². The minimum atomic E-state index is 0. The molecule has 4 N–H and O–H groups in total. The van der Waals surface area contributed by atoms with Crippen molar-refractivity contribution in [1.29, 1.82) is 0 Å². The molecule has 0 aliphatic rings. The smallest absolute Gasteiger partial charge is 0.0894 e. The minimum Gasteiger partial charge on any atom is -0.325 e. The molecule has 0 fully saturated rings. The van der Waals surface area contributed by atoms with Gasteiger partial charge in [-0.05, 0) is 36.4 Å². The van der Waals surface area contributed by atoms with E-state index in [9.17, 15) is 0 Å². The van der Waals surface area contributed by atoms with E-state index >= 15 is 0 Å². The lowest BCUT2D eigenvalue weighted by atomic mass is 10.2. The average Bonchev–Trinajstić information content (AvgIpc) is 2.62. The van der Waals surface area contributed by atoms with Gasteiger partial charge in [0.05, 0.1) is 34.2 Å². The summed E-state index contributed by atoms with van der Waals surface area (Å²) in [5, 5.41) is 0. The van der Waals surface area contributed by atoms with Crippen LogP contribution in [0.1, 0.15) is 11.4 Å². The van der Waals surface area contributed by atoms with Crippen LogP contribution in [0.15, 0.2) is 54.6 Å². The van der Waals surface area contributed by atoms with E-state index in [1.165, 1.54) is 0 Å². The molecule has 0 bridgehead atoms. The van der Waals surface area contributed by atoms with Crippen LogP contribution < -0.4 is 11.5 Å². The van der Waals surface area contributed by atoms with Crippen molar-refractivity contribution in [3.05, 3.63) is 66.0 Å². The summed E-state index contributed by atoms with van der Waals surface area (Å²) in [5.41, 5.74) is 16.2. The summed E-state index contributed by atoms with van der Waals surface area (Å²) in [6.45, 7) is 0.821. The molecule has 0 aromatic carbocycles. The third-order valence-corrected chi connectivity index (χ3v) is 3.31. The number of hydrogen-bond donors (Lipinski definition) is 2. The highest BCUT2D eigenvalue weighted by Gasteiger charge is 2.06. The van der Waals surface area contributed by atoms with Crippen LogP contribution in [0.25, 0.3) is 22.8 Å². The van der Waals surface area contributed by atoms with E-state index in [1.807, 2.05) is 54.6 Å². The Morgan fingerprint density at radius 3 is 1.11 bits per heavy atom. The van der Waals surface area contributed by atoms with E-state index in [0.29, 0.717) is 13.1 Å². The van der Waals surface area contributed by atoms with Gasteiger partial charge in [-0.15, -0.1) is 62.0 Å². The van der Waals surface area contributed by atoms with Gasteiger partial charge in [-0.2, -0.15) is 0 Å². The van der Waals surface area contributed by atoms with Gasteiger partial charge in [0.25, 0.3) is 0 Å². The van der Waals surface area contributed by atoms with E-state index < -0.39 is 0 Å². The Hall–Kier alpha value is -1.18. The Morgan fingerprint density at radius 1 is 0.481 bits per heavy atom. The molecule has 0 atom stereocenters. The summed E-state index contributed by atoms with van der Waals surface area (Å²) in [6.07, 6.45) is 0. The highest BCUT2D eigenvalue weighted by Crippen LogP contribution is 2.20. The number of pyridine rings is 3. The van der Waals surface area contributed by atoms with Crippen molar-refractivity contribution < 1.29 is 0 Å². The first-order valence-corrected chi connectivity index (χ1v) is 7.10. The van der Waals surface area contributed by atoms with Crippen molar-refractivity contribution in [2.75, 3.05) is 0 Å². The summed E-state index contributed by atoms with van der Waals surface area (Å²) >= 11 is 0. The molecule has 0 amide bonds. The topological polar surface area (TPSA) is 90.7 Å². The summed E-state index contributed by atoms with van der Waals surface area (Å²) < 4.78 is 0. The quantitative estimate of drug-likeness (QED) is 0.592. The minimum absolute atomic E-state index is 0. The predicted molar refractivity (Wildman–Crippen MR) is 123 cm³/mol. The second-order valence-corrected chi connectivity index (χ2v) is 4.84. The van der Waals surface area contributed by atoms with Gasteiger partial charge in [-0.1, -0.05) is 18.2 Å². The van der Waals surface area contributed by atoms with Crippen LogP contribution in [-0.2, 0) is 13.1 Å². The second kappa shape index (κ2) is 14.8. The van der Waals surface area contributed by atoms with E-state index in [-0.39, 0.29) is 62.0 Å². The van der Waals surface area contributed by atoms with Gasteiger partial charge in [0.1, 0.15) is 0 Å². The fourth-order valence-electron chi connectivity index (χ4n) is 2.19. The monoisotopic (exact) mass is 471 g/mol. The van der Waals surface area contributed by atoms with Crippen molar-refractivity contribution in [3.63, 3.8) is 0 Å². The Morgan fingerprint density at radius 2 is 0.778 bits per heavy atom. The number of hydrogen-bond acceptors (Lipinski definition) is 5. The molecule has 3 rings (SSSR count). The molecule has 0 unspecified atom stereocenters. The molecular formula is C17H22Cl5N5. The molecule has 0 radical (unpaired) electrons. The highest BCUT2D eigenvalue weighted by atomic mass is 35.5. The zero-order valence-corrected chi connectivity index (χ0v) is 18.2. The van der Waals surface area contributed by atoms with E-state index in [0.717, 1.165) is 34.2 Å². The molecule has 0 saturated heterocycles. The number of halogens is 5. The van der Waals surface area contributed by atoms with Gasteiger partial charge < -0.3 is 11.5 Å². The largest absolute Gasteiger partial charge is 0.325 e. The van der Waals surface area contributed by atoms with Crippen LogP contribution in [0.5, 0.6) is 0 Å². The lowest BCUT2D eigenvalue weighted by molar-refractivity contribution is 0.986. The fourth-order valence-corrected chi connectivity index (χ4v) is 2.19. The molecule has 10 heteroatoms. The molecule has 0 spiro atoms. The van der Waals surface area contributed by atoms with Crippen LogP contribution in [0.3, 0.4) is 0 Å². The highest BCUT2D eigenvalue weighted by molar-refractivity contribution is 5.86. The van der Waals surface area contributed by atoms with Gasteiger partial charge in [0.2, 0.25) is 0 Å². The molecule has 3 heterocycles. The average molecular weight is 474 g/mol. The third-order valence-electron chi connectivity index (χ3n) is 3.31. The first-order chi connectivity index (χ1) is 10.8. The molecule has 0 saturated carbocycles. The molecule has 27 heavy (non-hydrogen) atoms. The van der Waals surface area contributed by atoms with Crippen LogP contribution >= 0.6 is 62.0 Å². The maximum atomic E-state index is 5.64. The lowest BCUT2D eigenvalue weighted by Crippen LogP contribution is -2.01. The van der Waals surface area contributed by atoms with E-state index in [4.69, 9.17) is 11.5 Å². The Bertz CT molecular complexity index is 741. The Kier molecular flexibility index (Phi) is 16.8. The molecule has 150 valence electrons. The SMILES string of the molecule is Cl.Cl.Cl.Cl.Cl.NCc1cccc(-c2cccc(-c3cccc(CN)n3)n2)n1. The number of nitrogens with zero attached hydrogens (tertiary/aromatic N) is 3. The zero-order chi connectivity index (χ0) is 15.4. The van der Waals surface area contributed by atoms with Gasteiger partial charge in [-0.3, -0.25) is 0 Å². The maximum absolute atomic E-state index is 5.64. The molecule has 3 aromatic heterocycles. The third kappa shape index (κ3) is 7.76. The van der Waals surface area contributed by atoms with Crippen molar-refractivity contribution >= 4 is 62.0 Å². The molecule has 0 aliphatic carbocycles. The van der Waals surface area contributed by atoms with Gasteiger partial charge >= 0.3 is 0 Å². The fraction of sp³-hybridized carbons (Fsp3) is 0.118. The molecule has 5 nitrogen and oxygen atoms in total. The maximum Gasteiger partial charge on any atom is 0.0894 e. The lowest BCUT2D eigenvalue weighted by Gasteiger charge is -2.06. The van der Waals surface area contributed by atoms with Crippen LogP contribution in [0.2, 0.25) is 0 Å². The van der Waals surface area contributed by atoms with Crippen LogP contribution in [-0.4, -0.2) is 15.0 Å². The Balaban J connectivity index is -0.00000115. The molecular weight excluding hydrogens is 451 g/mol. The standard InChI is InChI=1S/C17H17N5.5ClH/c18-10-12-4-1-6-14(20-12)16-8-3-9-17(22-16)15-7-2-5-13(11-19)21-15;;;;;/h1-9H,10-11,18-19H2;5*1H. The van der Waals surface area contributed by atoms with Gasteiger partial charge in [-0.25, -0.2) is 15.0 Å². The van der Waals surface area contributed by atoms with Crippen molar-refractivity contribution in [1.82, 2.24) is 15.0 Å². The normalized spacial score (nSPS) is 8.67. The Labute approximate surface area is 189 Å². The predicted octanol–water partition coefficient (Wildman–Crippen LogP) is 4.23. The summed E-state index contributed by atoms with van der Waals surface area (Å²) in [6, 6.07) is 17.3. The first-order valence-electron chi connectivity index (χ1n) is 7.10. The summed E-state index contributed by atoms with van der Waals surface area (Å²) in [7, 11) is 0. The van der Waals surface area contributed by atoms with Crippen molar-refractivity contribution in [3.8, 4) is 22.8 Å². The first kappa shape index (κ1) is 30.5. The zero-order valence-electron chi connectivity index (χ0n) is 14.1. The van der Waals surface area contributed by atoms with Crippen molar-refractivity contribution in [2.45, 2.75) is 13.1 Å². The van der Waals surface area contributed by atoms with E-state index in [1.54, 1.807) is 0 Å². The molecule has 0 aliphatic heterocycles. The summed E-state index contributed by atoms with van der Waals surface area (Å²) in [4.78, 5) is 13.7. The second-order valence-electron chi connectivity index (χ2n) is 4.84. The van der Waals surface area contributed by atoms with Gasteiger partial charge in [0, 0.05) is 13.1 Å². The van der Waals surface area contributed by atoms with E-state index in [2.05, 4.69) is 15.0 Å². The van der Waals surface area contributed by atoms with Crippen LogP contribution in [0.4, 0.5) is 0 Å².